The van der Waals surface area contributed by atoms with Crippen molar-refractivity contribution in [2.75, 3.05) is 0 Å². The molecule has 1 heterocycles. The predicted octanol–water partition coefficient (Wildman–Crippen LogP) is 6.84. The molecule has 0 aromatic carbocycles. The zero-order valence-electron chi connectivity index (χ0n) is 11.8. The van der Waals surface area contributed by atoms with Crippen LogP contribution in [0.25, 0.3) is 0 Å². The van der Waals surface area contributed by atoms with E-state index in [0.29, 0.717) is 30.5 Å². The maximum Gasteiger partial charge on any atom is 0.108 e. The number of hydrogen-bond acceptors (Lipinski definition) is 0. The Morgan fingerprint density at radius 1 is 0.667 bits per heavy atom. The van der Waals surface area contributed by atoms with Crippen LogP contribution in [0.3, 0.4) is 0 Å². The van der Waals surface area contributed by atoms with E-state index in [1.54, 1.807) is 0 Å². The summed E-state index contributed by atoms with van der Waals surface area (Å²) in [6, 6.07) is 0. The summed E-state index contributed by atoms with van der Waals surface area (Å²) in [5.74, 6) is 0. The second-order valence-corrected chi connectivity index (χ2v) is 33.8. The maximum atomic E-state index is 2.61. The predicted molar refractivity (Wildman–Crippen MR) is 83.3 cm³/mol. The minimum Gasteiger partial charge on any atom is -0.0943 e. The van der Waals surface area contributed by atoms with Crippen molar-refractivity contribution in [3.05, 3.63) is 0 Å². The zero-order chi connectivity index (χ0) is 12.2. The molecule has 0 nitrogen and oxygen atoms in total. The first-order chi connectivity index (χ1) is 6.37. The highest BCUT2D eigenvalue weighted by Crippen LogP contribution is 2.98. The molecule has 0 N–H and O–H groups in total. The standard InChI is InChI=1S/C11H27P3Si/c1-10(2,3)12-13(11(4,5)6)14(12)15(7,8)9/h1-9H3. The topological polar surface area (TPSA) is 0 Å². The molecular formula is C11H27P3Si. The molecule has 15 heavy (non-hydrogen) atoms. The monoisotopic (exact) mass is 280 g/mol. The fraction of sp³-hybridized carbons (Fsp3) is 1.00. The second kappa shape index (κ2) is 3.81. The first-order valence-electron chi connectivity index (χ1n) is 5.77. The summed E-state index contributed by atoms with van der Waals surface area (Å²) in [6.45, 7) is 23.5. The van der Waals surface area contributed by atoms with Crippen molar-refractivity contribution in [3.8, 4) is 0 Å². The van der Waals surface area contributed by atoms with Crippen LogP contribution in [0.15, 0.2) is 0 Å². The van der Waals surface area contributed by atoms with Crippen LogP contribution in [0.4, 0.5) is 0 Å². The van der Waals surface area contributed by atoms with Gasteiger partial charge in [0.1, 0.15) is 7.74 Å². The van der Waals surface area contributed by atoms with Gasteiger partial charge in [-0.3, -0.25) is 0 Å². The van der Waals surface area contributed by atoms with Gasteiger partial charge in [0, 0.05) is 10.3 Å². The summed E-state index contributed by atoms with van der Waals surface area (Å²) < 4.78 is 0. The molecular weight excluding hydrogens is 253 g/mol. The highest BCUT2D eigenvalue weighted by Gasteiger charge is 2.42. The summed E-state index contributed by atoms with van der Waals surface area (Å²) in [5.41, 5.74) is 0. The van der Waals surface area contributed by atoms with Crippen molar-refractivity contribution in [3.63, 3.8) is 0 Å². The van der Waals surface area contributed by atoms with Gasteiger partial charge in [-0.25, -0.2) is 0 Å². The second-order valence-electron chi connectivity index (χ2n) is 7.38. The highest BCUT2D eigenvalue weighted by molar-refractivity contribution is 8.81. The molecule has 0 spiro atoms. The number of rotatable bonds is 1. The van der Waals surface area contributed by atoms with Crippen molar-refractivity contribution in [1.29, 1.82) is 0 Å². The lowest BCUT2D eigenvalue weighted by Gasteiger charge is -2.18. The first-order valence-corrected chi connectivity index (χ1v) is 16.3. The Balaban J connectivity index is 3.20. The molecule has 0 amide bonds. The van der Waals surface area contributed by atoms with Gasteiger partial charge in [0.15, 0.2) is 0 Å². The van der Waals surface area contributed by atoms with Crippen molar-refractivity contribution in [2.24, 2.45) is 0 Å². The molecule has 0 aliphatic rings. The van der Waals surface area contributed by atoms with E-state index >= 15 is 0 Å². The van der Waals surface area contributed by atoms with Crippen LogP contribution < -0.4 is 0 Å². The van der Waals surface area contributed by atoms with Crippen LogP contribution >= 0.6 is 20.2 Å². The van der Waals surface area contributed by atoms with Gasteiger partial charge < -0.3 is 0 Å². The van der Waals surface area contributed by atoms with E-state index < -0.39 is 7.74 Å². The molecule has 0 radical (unpaired) electrons. The van der Waals surface area contributed by atoms with Crippen LogP contribution in [0, 0.1) is 0 Å². The molecule has 1 aromatic rings. The van der Waals surface area contributed by atoms with Gasteiger partial charge in [0.2, 0.25) is 0 Å². The Morgan fingerprint density at radius 2 is 0.933 bits per heavy atom. The fourth-order valence-corrected chi connectivity index (χ4v) is 67.5. The summed E-state index contributed by atoms with van der Waals surface area (Å²) >= 11 is 0. The number of hydrogen-bond donors (Lipinski definition) is 0. The van der Waals surface area contributed by atoms with Crippen LogP contribution in [0.2, 0.25) is 19.6 Å². The largest absolute Gasteiger partial charge is 0.108 e. The highest BCUT2D eigenvalue weighted by atomic mass is 32.7. The van der Waals surface area contributed by atoms with Crippen molar-refractivity contribution in [2.45, 2.75) is 71.5 Å². The van der Waals surface area contributed by atoms with Crippen molar-refractivity contribution >= 4 is 28.0 Å². The van der Waals surface area contributed by atoms with Gasteiger partial charge in [-0.2, -0.15) is 0 Å². The third-order valence-corrected chi connectivity index (χ3v) is 44.6. The SMILES string of the molecule is CC(C)(C)p1p(C(C)(C)C)p1[Si](C)(C)C. The van der Waals surface area contributed by atoms with Crippen LogP contribution in [0.1, 0.15) is 41.5 Å². The molecule has 1 aromatic heterocycles. The average molecular weight is 280 g/mol. The van der Waals surface area contributed by atoms with E-state index in [0.717, 1.165) is 0 Å². The molecule has 0 bridgehead atoms. The average Bonchev–Trinajstić information content (AvgIpc) is 2.51. The van der Waals surface area contributed by atoms with Gasteiger partial charge in [0.25, 0.3) is 0 Å². The summed E-state index contributed by atoms with van der Waals surface area (Å²) in [5, 5.41) is 1.25. The summed E-state index contributed by atoms with van der Waals surface area (Å²) in [7, 11) is -0.847. The summed E-state index contributed by atoms with van der Waals surface area (Å²) in [6.07, 6.45) is 0.474. The van der Waals surface area contributed by atoms with Crippen LogP contribution in [-0.2, 0) is 10.3 Å². The first kappa shape index (κ1) is 14.2. The lowest BCUT2D eigenvalue weighted by Crippen LogP contribution is -2.10. The molecule has 0 aliphatic heterocycles. The van der Waals surface area contributed by atoms with E-state index in [1.807, 2.05) is 0 Å². The molecule has 2 atom stereocenters. The van der Waals surface area contributed by atoms with E-state index in [9.17, 15) is 0 Å². The third kappa shape index (κ3) is 3.07. The molecule has 0 fully saturated rings. The van der Waals surface area contributed by atoms with Crippen molar-refractivity contribution < 1.29 is 0 Å². The maximum absolute atomic E-state index is 2.61. The van der Waals surface area contributed by atoms with E-state index in [-0.39, 0.29) is 0 Å². The normalized spacial score (nSPS) is 18.6. The van der Waals surface area contributed by atoms with Crippen LogP contribution in [-0.4, -0.2) is 7.74 Å². The third-order valence-electron chi connectivity index (χ3n) is 2.31. The summed E-state index contributed by atoms with van der Waals surface area (Å²) in [4.78, 5) is 0. The molecule has 2 unspecified atom stereocenters. The minimum absolute atomic E-state index is 0.397. The molecule has 0 aliphatic carbocycles. The van der Waals surface area contributed by atoms with Gasteiger partial charge in [-0.15, -0.1) is 0 Å². The molecule has 4 heteroatoms. The minimum atomic E-state index is -0.847. The van der Waals surface area contributed by atoms with Gasteiger partial charge in [0.05, 0.1) is 0 Å². The Labute approximate surface area is 99.6 Å². The van der Waals surface area contributed by atoms with Crippen LogP contribution in [0.5, 0.6) is 0 Å². The Kier molecular flexibility index (Phi) is 3.60. The van der Waals surface area contributed by atoms with E-state index in [4.69, 9.17) is 0 Å². The van der Waals surface area contributed by atoms with E-state index in [2.05, 4.69) is 61.2 Å². The Morgan fingerprint density at radius 3 is 1.00 bits per heavy atom. The zero-order valence-corrected chi connectivity index (χ0v) is 15.5. The Bertz CT molecular complexity index is 269. The molecule has 0 saturated carbocycles. The van der Waals surface area contributed by atoms with Gasteiger partial charge in [-0.05, 0) is 0 Å². The molecule has 0 saturated heterocycles. The van der Waals surface area contributed by atoms with Gasteiger partial charge >= 0.3 is 0 Å². The fourth-order valence-electron chi connectivity index (χ4n) is 1.83. The van der Waals surface area contributed by atoms with Gasteiger partial charge in [-0.1, -0.05) is 81.4 Å². The van der Waals surface area contributed by atoms with Crippen molar-refractivity contribution in [1.82, 2.24) is 0 Å². The lowest BCUT2D eigenvalue weighted by atomic mass is 10.3. The Hall–Kier alpha value is 1.12. The smallest absolute Gasteiger partial charge is 0.0943 e. The molecule has 90 valence electrons. The quantitative estimate of drug-likeness (QED) is 0.494. The van der Waals surface area contributed by atoms with E-state index in [1.165, 1.54) is 0 Å². The lowest BCUT2D eigenvalue weighted by molar-refractivity contribution is 0.715. The molecule has 1 rings (SSSR count).